The quantitative estimate of drug-likeness (QED) is 0.290. The normalized spacial score (nSPS) is 16.5. The molecule has 0 spiro atoms. The lowest BCUT2D eigenvalue weighted by atomic mass is 9.69. The molecule has 0 radical (unpaired) electrons. The highest BCUT2D eigenvalue weighted by atomic mass is 16.5. The van der Waals surface area contributed by atoms with Crippen molar-refractivity contribution in [2.75, 3.05) is 13.1 Å². The Balaban J connectivity index is 1.31. The van der Waals surface area contributed by atoms with E-state index in [1.54, 1.807) is 12.1 Å². The van der Waals surface area contributed by atoms with E-state index in [0.717, 1.165) is 53.6 Å². The Morgan fingerprint density at radius 3 is 2.13 bits per heavy atom. The molecule has 5 nitrogen and oxygen atoms in total. The summed E-state index contributed by atoms with van der Waals surface area (Å²) in [7, 11) is 0. The number of nitrogens with two attached hydrogens (primary N) is 1. The molecule has 38 heavy (non-hydrogen) atoms. The van der Waals surface area contributed by atoms with E-state index in [-0.39, 0.29) is 23.3 Å². The highest BCUT2D eigenvalue weighted by molar-refractivity contribution is 5.90. The molecule has 4 aromatic rings. The summed E-state index contributed by atoms with van der Waals surface area (Å²) in [6.07, 6.45) is 2.44. The van der Waals surface area contributed by atoms with Gasteiger partial charge in [-0.2, -0.15) is 0 Å². The van der Waals surface area contributed by atoms with Gasteiger partial charge in [-0.05, 0) is 79.3 Å². The van der Waals surface area contributed by atoms with Crippen LogP contribution in [0.2, 0.25) is 0 Å². The summed E-state index contributed by atoms with van der Waals surface area (Å²) in [5.74, 6) is 0.784. The van der Waals surface area contributed by atoms with E-state index in [1.807, 2.05) is 84.9 Å². The fraction of sp³-hybridized carbons (Fsp3) is 0.303. The van der Waals surface area contributed by atoms with Crippen molar-refractivity contribution in [1.29, 1.82) is 0 Å². The number of rotatable bonds is 9. The first-order valence-electron chi connectivity index (χ1n) is 13.3. The standard InChI is InChI=1S/C33H36N2O3/c1-32(2,18-19-33(31(34)37,26-9-5-3-6-10-26)27-11-7-4-8-12-27)35-20-17-30(23-35)38-29-16-14-24-21-28(36)15-13-25(24)22-29/h3-16,21-22,30,36H,17-20,23H2,1-2H3,(H2,34,37)/t30-/m0/s1. The molecule has 0 aliphatic carbocycles. The zero-order chi connectivity index (χ0) is 26.8. The number of likely N-dealkylation sites (tertiary alicyclic amines) is 1. The minimum Gasteiger partial charge on any atom is -0.508 e. The number of carbonyl (C=O) groups excluding carboxylic acids is 1. The smallest absolute Gasteiger partial charge is 0.232 e. The molecule has 0 bridgehead atoms. The zero-order valence-corrected chi connectivity index (χ0v) is 22.1. The molecule has 1 fully saturated rings. The molecular formula is C33H36N2O3. The maximum atomic E-state index is 13.2. The van der Waals surface area contributed by atoms with Gasteiger partial charge in [0.15, 0.2) is 0 Å². The third-order valence-corrected chi connectivity index (χ3v) is 8.16. The van der Waals surface area contributed by atoms with Crippen LogP contribution in [0.15, 0.2) is 97.1 Å². The molecule has 1 atom stereocenters. The van der Waals surface area contributed by atoms with E-state index in [1.165, 1.54) is 0 Å². The molecule has 5 rings (SSSR count). The van der Waals surface area contributed by atoms with Gasteiger partial charge in [0.2, 0.25) is 5.91 Å². The molecule has 1 aliphatic rings. The van der Waals surface area contributed by atoms with Crippen molar-refractivity contribution in [3.05, 3.63) is 108 Å². The van der Waals surface area contributed by atoms with E-state index >= 15 is 0 Å². The van der Waals surface area contributed by atoms with Crippen molar-refractivity contribution in [3.8, 4) is 11.5 Å². The van der Waals surface area contributed by atoms with Crippen molar-refractivity contribution in [3.63, 3.8) is 0 Å². The van der Waals surface area contributed by atoms with Crippen molar-refractivity contribution >= 4 is 16.7 Å². The van der Waals surface area contributed by atoms with Crippen molar-refractivity contribution in [1.82, 2.24) is 4.90 Å². The second-order valence-corrected chi connectivity index (χ2v) is 11.0. The lowest BCUT2D eigenvalue weighted by molar-refractivity contribution is -0.122. The first-order chi connectivity index (χ1) is 18.3. The van der Waals surface area contributed by atoms with E-state index < -0.39 is 5.41 Å². The number of phenolic OH excluding ortho intramolecular Hbond substituents is 1. The number of primary amides is 1. The monoisotopic (exact) mass is 508 g/mol. The maximum absolute atomic E-state index is 13.2. The third kappa shape index (κ3) is 5.11. The highest BCUT2D eigenvalue weighted by Gasteiger charge is 2.43. The topological polar surface area (TPSA) is 75.8 Å². The molecule has 5 heteroatoms. The van der Waals surface area contributed by atoms with Gasteiger partial charge in [-0.15, -0.1) is 0 Å². The number of phenols is 1. The lowest BCUT2D eigenvalue weighted by Crippen LogP contribution is -2.47. The SMILES string of the molecule is CC(C)(CCC(C(N)=O)(c1ccccc1)c1ccccc1)N1CC[C@H](Oc2ccc3cc(O)ccc3c2)C1. The van der Waals surface area contributed by atoms with Crippen LogP contribution in [-0.4, -0.2) is 40.6 Å². The summed E-state index contributed by atoms with van der Waals surface area (Å²) in [6.45, 7) is 6.25. The van der Waals surface area contributed by atoms with Crippen LogP contribution >= 0.6 is 0 Å². The molecule has 0 saturated carbocycles. The molecule has 3 N–H and O–H groups in total. The number of nitrogens with zero attached hydrogens (tertiary/aromatic N) is 1. The second kappa shape index (κ2) is 10.5. The molecule has 0 aromatic heterocycles. The van der Waals surface area contributed by atoms with Gasteiger partial charge < -0.3 is 15.6 Å². The number of carbonyl (C=O) groups is 1. The average molecular weight is 509 g/mol. The average Bonchev–Trinajstić information content (AvgIpc) is 3.40. The number of hydrogen-bond donors (Lipinski definition) is 2. The Labute approximate surface area is 224 Å². The lowest BCUT2D eigenvalue weighted by Gasteiger charge is -2.40. The van der Waals surface area contributed by atoms with Crippen LogP contribution in [0.4, 0.5) is 0 Å². The molecule has 4 aromatic carbocycles. The highest BCUT2D eigenvalue weighted by Crippen LogP contribution is 2.40. The van der Waals surface area contributed by atoms with E-state index in [9.17, 15) is 9.90 Å². The summed E-state index contributed by atoms with van der Waals surface area (Å²) in [6, 6.07) is 31.2. The van der Waals surface area contributed by atoms with Gasteiger partial charge >= 0.3 is 0 Å². The van der Waals surface area contributed by atoms with Crippen LogP contribution in [0, 0.1) is 0 Å². The summed E-state index contributed by atoms with van der Waals surface area (Å²) in [5, 5.41) is 11.8. The van der Waals surface area contributed by atoms with Gasteiger partial charge in [0.05, 0.1) is 5.41 Å². The summed E-state index contributed by atoms with van der Waals surface area (Å²) >= 11 is 0. The van der Waals surface area contributed by atoms with Crippen LogP contribution < -0.4 is 10.5 Å². The van der Waals surface area contributed by atoms with E-state index in [0.29, 0.717) is 6.42 Å². The third-order valence-electron chi connectivity index (χ3n) is 8.16. The van der Waals surface area contributed by atoms with Crippen molar-refractivity contribution in [2.24, 2.45) is 5.73 Å². The minimum atomic E-state index is -0.894. The summed E-state index contributed by atoms with van der Waals surface area (Å²) in [4.78, 5) is 15.7. The van der Waals surface area contributed by atoms with E-state index in [2.05, 4.69) is 18.7 Å². The Morgan fingerprint density at radius 1 is 0.895 bits per heavy atom. The molecule has 0 unspecified atom stereocenters. The van der Waals surface area contributed by atoms with Crippen LogP contribution in [-0.2, 0) is 10.2 Å². The van der Waals surface area contributed by atoms with Gasteiger partial charge in [-0.25, -0.2) is 0 Å². The second-order valence-electron chi connectivity index (χ2n) is 11.0. The fourth-order valence-corrected chi connectivity index (χ4v) is 5.81. The van der Waals surface area contributed by atoms with Crippen LogP contribution in [0.1, 0.15) is 44.2 Å². The number of hydrogen-bond acceptors (Lipinski definition) is 4. The van der Waals surface area contributed by atoms with Gasteiger partial charge in [-0.3, -0.25) is 9.69 Å². The number of ether oxygens (including phenoxy) is 1. The molecule has 1 heterocycles. The molecule has 196 valence electrons. The van der Waals surface area contributed by atoms with Gasteiger partial charge in [0.25, 0.3) is 0 Å². The predicted octanol–water partition coefficient (Wildman–Crippen LogP) is 6.03. The number of amides is 1. The van der Waals surface area contributed by atoms with Gasteiger partial charge in [0.1, 0.15) is 17.6 Å². The number of fused-ring (bicyclic) bond motifs is 1. The van der Waals surface area contributed by atoms with Gasteiger partial charge in [-0.1, -0.05) is 72.8 Å². The fourth-order valence-electron chi connectivity index (χ4n) is 5.81. The number of aromatic hydroxyl groups is 1. The first-order valence-corrected chi connectivity index (χ1v) is 13.3. The number of benzene rings is 4. The predicted molar refractivity (Wildman–Crippen MR) is 152 cm³/mol. The maximum Gasteiger partial charge on any atom is 0.232 e. The van der Waals surface area contributed by atoms with Crippen molar-refractivity contribution in [2.45, 2.75) is 50.2 Å². The van der Waals surface area contributed by atoms with Gasteiger partial charge in [0, 0.05) is 18.6 Å². The Hall–Kier alpha value is -3.83. The van der Waals surface area contributed by atoms with Crippen LogP contribution in [0.3, 0.4) is 0 Å². The minimum absolute atomic E-state index is 0.0907. The molecule has 1 amide bonds. The van der Waals surface area contributed by atoms with Crippen molar-refractivity contribution < 1.29 is 14.6 Å². The first kappa shape index (κ1) is 25.8. The van der Waals surface area contributed by atoms with Crippen LogP contribution in [0.25, 0.3) is 10.8 Å². The molecule has 1 saturated heterocycles. The van der Waals surface area contributed by atoms with E-state index in [4.69, 9.17) is 10.5 Å². The molecule has 1 aliphatic heterocycles. The Bertz CT molecular complexity index is 1360. The Kier molecular flexibility index (Phi) is 7.13. The Morgan fingerprint density at radius 2 is 1.50 bits per heavy atom. The summed E-state index contributed by atoms with van der Waals surface area (Å²) < 4.78 is 6.38. The van der Waals surface area contributed by atoms with Crippen LogP contribution in [0.5, 0.6) is 11.5 Å². The largest absolute Gasteiger partial charge is 0.508 e. The summed E-state index contributed by atoms with van der Waals surface area (Å²) in [5.41, 5.74) is 7.01. The molecular weight excluding hydrogens is 472 g/mol. The zero-order valence-electron chi connectivity index (χ0n) is 22.1.